The molecule has 0 aliphatic carbocycles. The minimum atomic E-state index is -1.42. The lowest BCUT2D eigenvalue weighted by atomic mass is 10.1. The fourth-order valence-electron chi connectivity index (χ4n) is 2.57. The molecule has 0 saturated heterocycles. The second-order valence-corrected chi connectivity index (χ2v) is 5.57. The van der Waals surface area contributed by atoms with E-state index in [4.69, 9.17) is 11.6 Å². The van der Waals surface area contributed by atoms with Crippen molar-refractivity contribution in [2.24, 2.45) is 0 Å². The van der Waals surface area contributed by atoms with E-state index in [1.165, 1.54) is 0 Å². The summed E-state index contributed by atoms with van der Waals surface area (Å²) in [6, 6.07) is 15.1. The van der Waals surface area contributed by atoms with E-state index < -0.39 is 17.1 Å². The number of carbonyl (C=O) groups excluding carboxylic acids is 1. The van der Waals surface area contributed by atoms with Crippen LogP contribution in [0.5, 0.6) is 0 Å². The van der Waals surface area contributed by atoms with Gasteiger partial charge in [0.1, 0.15) is 5.56 Å². The van der Waals surface area contributed by atoms with Crippen molar-refractivity contribution in [3.05, 3.63) is 81.1 Å². The van der Waals surface area contributed by atoms with Gasteiger partial charge in [-0.25, -0.2) is 4.79 Å². The topological polar surface area (TPSA) is 76.4 Å². The summed E-state index contributed by atoms with van der Waals surface area (Å²) in [7, 11) is 0. The molecule has 1 aromatic heterocycles. The van der Waals surface area contributed by atoms with Gasteiger partial charge in [-0.2, -0.15) is 0 Å². The molecule has 24 heavy (non-hydrogen) atoms. The van der Waals surface area contributed by atoms with Crippen LogP contribution < -0.4 is 5.56 Å². The zero-order chi connectivity index (χ0) is 17.3. The van der Waals surface area contributed by atoms with Crippen molar-refractivity contribution in [2.75, 3.05) is 0 Å². The first-order chi connectivity index (χ1) is 11.5. The first-order valence-corrected chi connectivity index (χ1v) is 7.51. The van der Waals surface area contributed by atoms with Gasteiger partial charge in [0, 0.05) is 10.9 Å². The van der Waals surface area contributed by atoms with E-state index in [2.05, 4.69) is 0 Å². The predicted octanol–water partition coefficient (Wildman–Crippen LogP) is 3.24. The van der Waals surface area contributed by atoms with Crippen molar-refractivity contribution in [3.63, 3.8) is 0 Å². The predicted molar refractivity (Wildman–Crippen MR) is 90.9 cm³/mol. The Morgan fingerprint density at radius 1 is 1.00 bits per heavy atom. The van der Waals surface area contributed by atoms with Crippen LogP contribution in [0.25, 0.3) is 10.9 Å². The monoisotopic (exact) mass is 341 g/mol. The van der Waals surface area contributed by atoms with Crippen LogP contribution in [0.3, 0.4) is 0 Å². The van der Waals surface area contributed by atoms with Crippen LogP contribution in [0.2, 0.25) is 5.02 Å². The minimum Gasteiger partial charge on any atom is -0.477 e. The summed E-state index contributed by atoms with van der Waals surface area (Å²) in [5.41, 5.74) is -0.464. The van der Waals surface area contributed by atoms with Gasteiger partial charge in [0.2, 0.25) is 0 Å². The molecule has 1 N–H and O–H groups in total. The van der Waals surface area contributed by atoms with Crippen LogP contribution in [0.4, 0.5) is 0 Å². The summed E-state index contributed by atoms with van der Waals surface area (Å²) in [6.45, 7) is -0.263. The zero-order valence-corrected chi connectivity index (χ0v) is 13.2. The number of aromatic nitrogens is 1. The highest BCUT2D eigenvalue weighted by molar-refractivity contribution is 6.38. The number of rotatable bonds is 4. The van der Waals surface area contributed by atoms with Crippen molar-refractivity contribution < 1.29 is 14.7 Å². The third kappa shape index (κ3) is 2.70. The lowest BCUT2D eigenvalue weighted by molar-refractivity contribution is 0.0693. The van der Waals surface area contributed by atoms with Gasteiger partial charge in [-0.15, -0.1) is 0 Å². The molecule has 0 aliphatic heterocycles. The second-order valence-electron chi connectivity index (χ2n) is 5.19. The molecule has 0 radical (unpaired) electrons. The molecule has 0 fully saturated rings. The van der Waals surface area contributed by atoms with Crippen LogP contribution in [0, 0.1) is 0 Å². The van der Waals surface area contributed by atoms with E-state index in [-0.39, 0.29) is 17.4 Å². The smallest absolute Gasteiger partial charge is 0.342 e. The van der Waals surface area contributed by atoms with Gasteiger partial charge < -0.3 is 5.11 Å². The van der Waals surface area contributed by atoms with E-state index in [9.17, 15) is 19.5 Å². The maximum atomic E-state index is 12.6. The largest absolute Gasteiger partial charge is 0.477 e. The Kier molecular flexibility index (Phi) is 4.18. The number of halogens is 1. The Morgan fingerprint density at radius 2 is 1.62 bits per heavy atom. The summed E-state index contributed by atoms with van der Waals surface area (Å²) < 4.78 is 1.15. The van der Waals surface area contributed by atoms with Crippen molar-refractivity contribution in [1.29, 1.82) is 0 Å². The average molecular weight is 342 g/mol. The van der Waals surface area contributed by atoms with Gasteiger partial charge in [-0.05, 0) is 6.07 Å². The molecule has 0 unspecified atom stereocenters. The van der Waals surface area contributed by atoms with Crippen molar-refractivity contribution in [2.45, 2.75) is 6.54 Å². The number of Topliss-reactive ketones (excluding diaryl/α,β-unsaturated/α-hetero) is 1. The van der Waals surface area contributed by atoms with E-state index in [0.717, 1.165) is 4.57 Å². The number of benzene rings is 2. The van der Waals surface area contributed by atoms with Crippen LogP contribution in [0.15, 0.2) is 59.4 Å². The van der Waals surface area contributed by atoms with E-state index >= 15 is 0 Å². The Labute approximate surface area is 141 Å². The molecule has 3 aromatic rings. The Morgan fingerprint density at radius 3 is 2.29 bits per heavy atom. The Hall–Kier alpha value is -2.92. The van der Waals surface area contributed by atoms with Gasteiger partial charge in [0.25, 0.3) is 5.56 Å². The fourth-order valence-corrected chi connectivity index (χ4v) is 2.89. The van der Waals surface area contributed by atoms with Crippen molar-refractivity contribution >= 4 is 34.3 Å². The maximum absolute atomic E-state index is 12.6. The number of pyridine rings is 1. The molecular formula is C18H12ClNO4. The molecule has 0 bridgehead atoms. The van der Waals surface area contributed by atoms with Gasteiger partial charge in [0.15, 0.2) is 5.78 Å². The van der Waals surface area contributed by atoms with Crippen LogP contribution in [0.1, 0.15) is 20.7 Å². The number of nitrogens with zero attached hydrogens (tertiary/aromatic N) is 1. The molecule has 6 heteroatoms. The summed E-state index contributed by atoms with van der Waals surface area (Å²) in [5.74, 6) is -1.71. The Balaban J connectivity index is 2.22. The second kappa shape index (κ2) is 6.29. The lowest BCUT2D eigenvalue weighted by Crippen LogP contribution is -2.30. The molecule has 1 heterocycles. The van der Waals surface area contributed by atoms with Crippen molar-refractivity contribution in [1.82, 2.24) is 4.57 Å². The number of hydrogen-bond acceptors (Lipinski definition) is 3. The van der Waals surface area contributed by atoms with Gasteiger partial charge in [-0.1, -0.05) is 60.1 Å². The normalized spacial score (nSPS) is 10.7. The number of ketones is 1. The molecule has 0 aliphatic rings. The highest BCUT2D eigenvalue weighted by Gasteiger charge is 2.21. The molecule has 5 nitrogen and oxygen atoms in total. The van der Waals surface area contributed by atoms with E-state index in [0.29, 0.717) is 16.5 Å². The lowest BCUT2D eigenvalue weighted by Gasteiger charge is -2.13. The molecule has 0 spiro atoms. The highest BCUT2D eigenvalue weighted by atomic mass is 35.5. The van der Waals surface area contributed by atoms with E-state index in [1.807, 2.05) is 0 Å². The number of aromatic carboxylic acids is 1. The molecule has 120 valence electrons. The fraction of sp³-hybridized carbons (Fsp3) is 0.0556. The number of hydrogen-bond donors (Lipinski definition) is 1. The van der Waals surface area contributed by atoms with E-state index in [1.54, 1.807) is 54.6 Å². The molecule has 2 aromatic carbocycles. The standard InChI is InChI=1S/C18H12ClNO4/c19-16-12-8-4-5-9-13(12)20(17(22)15(16)18(23)24)10-14(21)11-6-2-1-3-7-11/h1-9H,10H2,(H,23,24). The number of carboxylic acids is 1. The molecule has 0 saturated carbocycles. The van der Waals surface area contributed by atoms with Gasteiger partial charge >= 0.3 is 5.97 Å². The summed E-state index contributed by atoms with van der Waals surface area (Å²) >= 11 is 6.09. The highest BCUT2D eigenvalue weighted by Crippen LogP contribution is 2.25. The van der Waals surface area contributed by atoms with Gasteiger partial charge in [-0.3, -0.25) is 14.2 Å². The summed E-state index contributed by atoms with van der Waals surface area (Å²) in [5, 5.41) is 9.59. The number of para-hydroxylation sites is 1. The quantitative estimate of drug-likeness (QED) is 0.739. The average Bonchev–Trinajstić information content (AvgIpc) is 2.59. The third-order valence-electron chi connectivity index (χ3n) is 3.72. The zero-order valence-electron chi connectivity index (χ0n) is 12.4. The minimum absolute atomic E-state index is 0.119. The van der Waals surface area contributed by atoms with Crippen LogP contribution in [-0.2, 0) is 6.54 Å². The first-order valence-electron chi connectivity index (χ1n) is 7.13. The number of carbonyl (C=O) groups is 2. The summed E-state index contributed by atoms with van der Waals surface area (Å²) in [4.78, 5) is 36.4. The number of carboxylic acid groups (broad SMARTS) is 1. The van der Waals surface area contributed by atoms with Gasteiger partial charge in [0.05, 0.1) is 17.1 Å². The van der Waals surface area contributed by atoms with Crippen LogP contribution >= 0.6 is 11.6 Å². The molecular weight excluding hydrogens is 330 g/mol. The SMILES string of the molecule is O=C(Cn1c(=O)c(C(=O)O)c(Cl)c2ccccc21)c1ccccc1. The molecule has 3 rings (SSSR count). The summed E-state index contributed by atoms with van der Waals surface area (Å²) in [6.07, 6.45) is 0. The third-order valence-corrected chi connectivity index (χ3v) is 4.11. The van der Waals surface area contributed by atoms with Crippen molar-refractivity contribution in [3.8, 4) is 0 Å². The maximum Gasteiger partial charge on any atom is 0.342 e. The Bertz CT molecular complexity index is 1010. The molecule has 0 atom stereocenters. The van der Waals surface area contributed by atoms with Crippen LogP contribution in [-0.4, -0.2) is 21.4 Å². The molecule has 0 amide bonds. The first kappa shape index (κ1) is 16.0. The number of fused-ring (bicyclic) bond motifs is 1.